The Hall–Kier alpha value is -1.35. The van der Waals surface area contributed by atoms with E-state index in [-0.39, 0.29) is 32.7 Å². The molecular weight excluding hydrogens is 447 g/mol. The molecule has 0 radical (unpaired) electrons. The monoisotopic (exact) mass is 474 g/mol. The van der Waals surface area contributed by atoms with E-state index in [1.165, 1.54) is 21.3 Å². The molecule has 0 saturated carbocycles. The van der Waals surface area contributed by atoms with E-state index in [2.05, 4.69) is 5.32 Å². The molecule has 3 rings (SSSR count). The van der Waals surface area contributed by atoms with Crippen molar-refractivity contribution in [3.8, 4) is 0 Å². The molecule has 2 N–H and O–H groups in total. The van der Waals surface area contributed by atoms with E-state index in [0.29, 0.717) is 44.8 Å². The van der Waals surface area contributed by atoms with Gasteiger partial charge >= 0.3 is 0 Å². The van der Waals surface area contributed by atoms with E-state index < -0.39 is 15.6 Å². The number of sulfonamides is 1. The molecule has 0 aromatic heterocycles. The second kappa shape index (κ2) is 8.65. The number of benzene rings is 1. The number of nitrogens with zero attached hydrogens (tertiary/aromatic N) is 2. The largest absolute Gasteiger partial charge is 0.342 e. The summed E-state index contributed by atoms with van der Waals surface area (Å²) in [7, 11) is -3.79. The van der Waals surface area contributed by atoms with Gasteiger partial charge in [0.2, 0.25) is 10.0 Å². The molecular formula is C20H28Cl2N4O3S. The molecule has 1 unspecified atom stereocenters. The normalized spacial score (nSPS) is 24.0. The molecule has 166 valence electrons. The number of guanidine groups is 1. The number of hydrogen-bond donors (Lipinski definition) is 2. The molecule has 2 fully saturated rings. The first-order valence-corrected chi connectivity index (χ1v) is 12.3. The standard InChI is InChI=1S/C20H28Cl2N4O3S/c1-13(2)11-20(3)18(27)26(19(23)24-20)12-14-7-9-25(10-8-14)30(28,29)17-15(21)5-4-6-16(17)22/h4-6,13-14H,7-12H2,1-3H3,(H2,23,24). The minimum Gasteiger partial charge on any atom is -0.342 e. The van der Waals surface area contributed by atoms with Crippen LogP contribution in [0, 0.1) is 17.2 Å². The molecule has 2 heterocycles. The second-order valence-electron chi connectivity index (χ2n) is 8.72. The topological polar surface area (TPSA) is 93.6 Å². The highest BCUT2D eigenvalue weighted by Gasteiger charge is 2.46. The minimum absolute atomic E-state index is 0.0584. The lowest BCUT2D eigenvalue weighted by molar-refractivity contribution is -0.131. The van der Waals surface area contributed by atoms with E-state index in [0.717, 1.165) is 0 Å². The van der Waals surface area contributed by atoms with Crippen molar-refractivity contribution in [2.75, 3.05) is 19.6 Å². The van der Waals surface area contributed by atoms with Crippen LogP contribution in [-0.4, -0.2) is 54.7 Å². The summed E-state index contributed by atoms with van der Waals surface area (Å²) in [5.41, 5.74) is -0.754. The SMILES string of the molecule is CC(C)CC1(C)NC(=N)N(CC2CCN(S(=O)(=O)c3c(Cl)cccc3Cl)CC2)C1=O. The van der Waals surface area contributed by atoms with Crippen molar-refractivity contribution in [1.82, 2.24) is 14.5 Å². The maximum absolute atomic E-state index is 13.0. The molecule has 1 aromatic carbocycles. The lowest BCUT2D eigenvalue weighted by atomic mass is 9.90. The molecule has 2 aliphatic heterocycles. The van der Waals surface area contributed by atoms with E-state index in [1.54, 1.807) is 6.07 Å². The van der Waals surface area contributed by atoms with Gasteiger partial charge < -0.3 is 5.32 Å². The van der Waals surface area contributed by atoms with Crippen LogP contribution >= 0.6 is 23.2 Å². The zero-order valence-electron chi connectivity index (χ0n) is 17.4. The first-order valence-electron chi connectivity index (χ1n) is 10.1. The predicted octanol–water partition coefficient (Wildman–Crippen LogP) is 3.57. The lowest BCUT2D eigenvalue weighted by Crippen LogP contribution is -2.46. The molecule has 0 spiro atoms. The third-order valence-electron chi connectivity index (χ3n) is 5.73. The fourth-order valence-corrected chi connectivity index (χ4v) is 6.92. The molecule has 10 heteroatoms. The number of piperidine rings is 1. The van der Waals surface area contributed by atoms with Crippen molar-refractivity contribution < 1.29 is 13.2 Å². The molecule has 0 aliphatic carbocycles. The van der Waals surface area contributed by atoms with Crippen LogP contribution in [0.2, 0.25) is 10.0 Å². The first kappa shape index (κ1) is 23.3. The van der Waals surface area contributed by atoms with Crippen LogP contribution < -0.4 is 5.32 Å². The summed E-state index contributed by atoms with van der Waals surface area (Å²) >= 11 is 12.2. The van der Waals surface area contributed by atoms with Crippen molar-refractivity contribution in [3.05, 3.63) is 28.2 Å². The molecule has 2 saturated heterocycles. The van der Waals surface area contributed by atoms with Crippen molar-refractivity contribution in [2.45, 2.75) is 50.5 Å². The average Bonchev–Trinajstić information content (AvgIpc) is 2.84. The van der Waals surface area contributed by atoms with Gasteiger partial charge in [-0.2, -0.15) is 4.31 Å². The number of amides is 1. The summed E-state index contributed by atoms with van der Waals surface area (Å²) in [6, 6.07) is 4.64. The number of halogens is 2. The number of hydrogen-bond acceptors (Lipinski definition) is 4. The smallest absolute Gasteiger partial charge is 0.254 e. The zero-order chi connectivity index (χ0) is 22.3. The Morgan fingerprint density at radius 2 is 1.80 bits per heavy atom. The molecule has 0 bridgehead atoms. The van der Waals surface area contributed by atoms with Gasteiger partial charge in [-0.25, -0.2) is 8.42 Å². The van der Waals surface area contributed by atoms with Gasteiger partial charge in [-0.1, -0.05) is 43.1 Å². The van der Waals surface area contributed by atoms with E-state index in [9.17, 15) is 13.2 Å². The molecule has 1 atom stereocenters. The fraction of sp³-hybridized carbons (Fsp3) is 0.600. The number of carbonyl (C=O) groups is 1. The summed E-state index contributed by atoms with van der Waals surface area (Å²) in [6.45, 7) is 6.99. The number of carbonyl (C=O) groups excluding carboxylic acids is 1. The maximum Gasteiger partial charge on any atom is 0.254 e. The van der Waals surface area contributed by atoms with E-state index in [4.69, 9.17) is 28.6 Å². The molecule has 1 aromatic rings. The minimum atomic E-state index is -3.79. The van der Waals surface area contributed by atoms with Crippen LogP contribution in [0.25, 0.3) is 0 Å². The summed E-state index contributed by atoms with van der Waals surface area (Å²) in [5.74, 6) is 0.482. The quantitative estimate of drug-likeness (QED) is 0.658. The Balaban J connectivity index is 1.65. The predicted molar refractivity (Wildman–Crippen MR) is 118 cm³/mol. The van der Waals surface area contributed by atoms with Gasteiger partial charge in [0.1, 0.15) is 10.4 Å². The van der Waals surface area contributed by atoms with E-state index in [1.807, 2.05) is 20.8 Å². The maximum atomic E-state index is 13.0. The highest BCUT2D eigenvalue weighted by Crippen LogP contribution is 2.34. The van der Waals surface area contributed by atoms with Crippen molar-refractivity contribution in [2.24, 2.45) is 11.8 Å². The Morgan fingerprint density at radius 1 is 1.23 bits per heavy atom. The van der Waals surface area contributed by atoms with Crippen LogP contribution in [0.1, 0.15) is 40.0 Å². The van der Waals surface area contributed by atoms with Crippen molar-refractivity contribution >= 4 is 45.1 Å². The van der Waals surface area contributed by atoms with Crippen LogP contribution in [-0.2, 0) is 14.8 Å². The molecule has 2 aliphatic rings. The van der Waals surface area contributed by atoms with Crippen LogP contribution in [0.3, 0.4) is 0 Å². The summed E-state index contributed by atoms with van der Waals surface area (Å²) < 4.78 is 27.4. The Labute approximate surface area is 188 Å². The van der Waals surface area contributed by atoms with Gasteiger partial charge in [-0.05, 0) is 50.2 Å². The van der Waals surface area contributed by atoms with Crippen molar-refractivity contribution in [1.29, 1.82) is 5.41 Å². The lowest BCUT2D eigenvalue weighted by Gasteiger charge is -2.33. The van der Waals surface area contributed by atoms with Gasteiger partial charge in [-0.3, -0.25) is 15.1 Å². The number of nitrogens with one attached hydrogen (secondary N) is 2. The van der Waals surface area contributed by atoms with Gasteiger partial charge in [-0.15, -0.1) is 0 Å². The highest BCUT2D eigenvalue weighted by atomic mass is 35.5. The molecule has 1 amide bonds. The average molecular weight is 475 g/mol. The van der Waals surface area contributed by atoms with Crippen LogP contribution in [0.5, 0.6) is 0 Å². The van der Waals surface area contributed by atoms with Crippen LogP contribution in [0.15, 0.2) is 23.1 Å². The summed E-state index contributed by atoms with van der Waals surface area (Å²) in [6.07, 6.45) is 1.85. The Morgan fingerprint density at radius 3 is 2.33 bits per heavy atom. The zero-order valence-corrected chi connectivity index (χ0v) is 19.7. The Bertz CT molecular complexity index is 925. The third-order valence-corrected chi connectivity index (χ3v) is 8.58. The molecule has 7 nitrogen and oxygen atoms in total. The number of rotatable bonds is 6. The first-order chi connectivity index (χ1) is 14.0. The van der Waals surface area contributed by atoms with Crippen molar-refractivity contribution in [3.63, 3.8) is 0 Å². The van der Waals surface area contributed by atoms with E-state index >= 15 is 0 Å². The van der Waals surface area contributed by atoms with Gasteiger partial charge in [0.05, 0.1) is 10.0 Å². The fourth-order valence-electron chi connectivity index (χ4n) is 4.36. The van der Waals surface area contributed by atoms with Crippen LogP contribution in [0.4, 0.5) is 0 Å². The Kier molecular flexibility index (Phi) is 6.72. The van der Waals surface area contributed by atoms with Gasteiger partial charge in [0.15, 0.2) is 5.96 Å². The summed E-state index contributed by atoms with van der Waals surface area (Å²) in [4.78, 5) is 14.4. The third kappa shape index (κ3) is 4.47. The highest BCUT2D eigenvalue weighted by molar-refractivity contribution is 7.89. The van der Waals surface area contributed by atoms with Gasteiger partial charge in [0.25, 0.3) is 5.91 Å². The second-order valence-corrected chi connectivity index (χ2v) is 11.4. The molecule has 30 heavy (non-hydrogen) atoms. The van der Waals surface area contributed by atoms with Gasteiger partial charge in [0, 0.05) is 19.6 Å². The summed E-state index contributed by atoms with van der Waals surface area (Å²) in [5, 5.41) is 11.5.